The minimum Gasteiger partial charge on any atom is -0.493 e. The quantitative estimate of drug-likeness (QED) is 0.162. The average Bonchev–Trinajstić information content (AvgIpc) is 3.23. The minimum atomic E-state index is -3.71. The molecule has 2 aromatic carbocycles. The fourth-order valence-corrected chi connectivity index (χ4v) is 4.78. The van der Waals surface area contributed by atoms with Crippen molar-refractivity contribution in [1.82, 2.24) is 19.5 Å². The lowest BCUT2D eigenvalue weighted by Crippen LogP contribution is -2.41. The van der Waals surface area contributed by atoms with Crippen LogP contribution in [-0.4, -0.2) is 75.8 Å². The molecule has 0 aliphatic carbocycles. The number of anilines is 4. The van der Waals surface area contributed by atoms with Gasteiger partial charge in [-0.15, -0.1) is 0 Å². The molecule has 17 heteroatoms. The molecule has 0 radical (unpaired) electrons. The van der Waals surface area contributed by atoms with Gasteiger partial charge in [0.05, 0.1) is 33.5 Å². The Hall–Kier alpha value is -5.00. The number of rotatable bonds is 8. The van der Waals surface area contributed by atoms with Crippen LogP contribution in [0, 0.1) is 6.92 Å². The van der Waals surface area contributed by atoms with Crippen LogP contribution in [0.5, 0.6) is 17.2 Å². The Balaban J connectivity index is 0.000000222. The summed E-state index contributed by atoms with van der Waals surface area (Å²) in [6, 6.07) is 8.75. The fraction of sp³-hybridized carbons (Fsp3) is 0.357. The molecule has 1 aliphatic rings. The van der Waals surface area contributed by atoms with Gasteiger partial charge in [-0.2, -0.15) is 18.7 Å². The normalized spacial score (nSPS) is 18.6. The first kappa shape index (κ1) is 32.9. The van der Waals surface area contributed by atoms with Crippen molar-refractivity contribution in [3.63, 3.8) is 0 Å². The summed E-state index contributed by atoms with van der Waals surface area (Å²) in [5.41, 5.74) is 19.6. The molecule has 2 aromatic heterocycles. The highest BCUT2D eigenvalue weighted by molar-refractivity contribution is 5.92. The Bertz CT molecular complexity index is 1710. The van der Waals surface area contributed by atoms with Crippen molar-refractivity contribution in [1.29, 1.82) is 0 Å². The van der Waals surface area contributed by atoms with Gasteiger partial charge >= 0.3 is 11.6 Å². The van der Waals surface area contributed by atoms with Crippen LogP contribution in [0.4, 0.5) is 32.1 Å². The SMILES string of the molecule is COc1cc(NCc2ccc3nc(N)nc(N)c3c2C)cc(OC)c1OC.Nc1ccn([C@@H]2O[C@H](CO)[C@@H](O)C2(F)F)c(=O)n1. The molecule has 3 heterocycles. The van der Waals surface area contributed by atoms with Crippen molar-refractivity contribution in [3.05, 3.63) is 58.1 Å². The van der Waals surface area contributed by atoms with Crippen LogP contribution in [0.3, 0.4) is 0 Å². The monoisotopic (exact) mass is 632 g/mol. The van der Waals surface area contributed by atoms with Gasteiger partial charge in [-0.1, -0.05) is 6.07 Å². The molecule has 15 nitrogen and oxygen atoms in total. The molecule has 9 N–H and O–H groups in total. The van der Waals surface area contributed by atoms with E-state index in [-0.39, 0.29) is 11.8 Å². The summed E-state index contributed by atoms with van der Waals surface area (Å²) in [5.74, 6) is -1.56. The van der Waals surface area contributed by atoms with Crippen molar-refractivity contribution >= 4 is 34.2 Å². The number of hydrogen-bond acceptors (Lipinski definition) is 14. The number of alkyl halides is 2. The smallest absolute Gasteiger partial charge is 0.351 e. The Morgan fingerprint density at radius 1 is 1.04 bits per heavy atom. The molecular formula is C28H34F2N8O7. The van der Waals surface area contributed by atoms with E-state index in [1.165, 1.54) is 0 Å². The van der Waals surface area contributed by atoms with Crippen molar-refractivity contribution in [2.75, 3.05) is 50.5 Å². The number of hydrogen-bond donors (Lipinski definition) is 6. The molecule has 0 unspecified atom stereocenters. The highest BCUT2D eigenvalue weighted by Gasteiger charge is 2.59. The van der Waals surface area contributed by atoms with Gasteiger partial charge in [0.2, 0.25) is 17.9 Å². The van der Waals surface area contributed by atoms with Crippen molar-refractivity contribution < 1.29 is 37.9 Å². The number of aliphatic hydroxyl groups excluding tert-OH is 2. The van der Waals surface area contributed by atoms with Crippen molar-refractivity contribution in [2.45, 2.75) is 37.8 Å². The van der Waals surface area contributed by atoms with E-state index >= 15 is 0 Å². The summed E-state index contributed by atoms with van der Waals surface area (Å²) in [4.78, 5) is 23.0. The number of ether oxygens (including phenoxy) is 4. The van der Waals surface area contributed by atoms with Gasteiger partial charge in [0, 0.05) is 35.9 Å². The number of methoxy groups -OCH3 is 3. The number of nitrogens with zero attached hydrogens (tertiary/aromatic N) is 4. The fourth-order valence-electron chi connectivity index (χ4n) is 4.78. The number of aryl methyl sites for hydroxylation is 1. The Morgan fingerprint density at radius 3 is 2.27 bits per heavy atom. The molecule has 1 saturated heterocycles. The van der Waals surface area contributed by atoms with Crippen LogP contribution in [0.15, 0.2) is 41.3 Å². The van der Waals surface area contributed by atoms with Crippen LogP contribution in [0.1, 0.15) is 17.4 Å². The second-order valence-corrected chi connectivity index (χ2v) is 9.85. The first-order chi connectivity index (χ1) is 21.4. The maximum absolute atomic E-state index is 13.7. The molecule has 4 aromatic rings. The van der Waals surface area contributed by atoms with Crippen LogP contribution >= 0.6 is 0 Å². The number of aromatic nitrogens is 4. The van der Waals surface area contributed by atoms with Gasteiger partial charge < -0.3 is 51.7 Å². The highest BCUT2D eigenvalue weighted by Crippen LogP contribution is 2.42. The number of halogens is 2. The molecule has 0 saturated carbocycles. The molecule has 1 aliphatic heterocycles. The third-order valence-corrected chi connectivity index (χ3v) is 7.09. The lowest BCUT2D eigenvalue weighted by atomic mass is 10.0. The van der Waals surface area contributed by atoms with Crippen LogP contribution in [0.2, 0.25) is 0 Å². The maximum atomic E-state index is 13.7. The van der Waals surface area contributed by atoms with Crippen LogP contribution < -0.4 is 42.4 Å². The first-order valence-corrected chi connectivity index (χ1v) is 13.4. The summed E-state index contributed by atoms with van der Waals surface area (Å²) in [5, 5.41) is 22.3. The van der Waals surface area contributed by atoms with Gasteiger partial charge in [0.25, 0.3) is 0 Å². The highest BCUT2D eigenvalue weighted by atomic mass is 19.3. The lowest BCUT2D eigenvalue weighted by Gasteiger charge is -2.20. The van der Waals surface area contributed by atoms with E-state index in [4.69, 9.17) is 41.3 Å². The predicted octanol–water partition coefficient (Wildman–Crippen LogP) is 1.45. The third-order valence-electron chi connectivity index (χ3n) is 7.09. The Kier molecular flexibility index (Phi) is 9.75. The first-order valence-electron chi connectivity index (χ1n) is 13.4. The largest absolute Gasteiger partial charge is 0.493 e. The summed E-state index contributed by atoms with van der Waals surface area (Å²) in [7, 11) is 4.75. The number of benzene rings is 2. The second-order valence-electron chi connectivity index (χ2n) is 9.85. The van der Waals surface area contributed by atoms with E-state index in [0.29, 0.717) is 34.2 Å². The van der Waals surface area contributed by atoms with Gasteiger partial charge in [0.15, 0.2) is 17.6 Å². The van der Waals surface area contributed by atoms with Crippen molar-refractivity contribution in [2.24, 2.45) is 0 Å². The second kappa shape index (κ2) is 13.3. The van der Waals surface area contributed by atoms with E-state index < -0.39 is 36.7 Å². The number of nitrogen functional groups attached to an aromatic ring is 3. The topological polar surface area (TPSA) is 228 Å². The molecule has 0 amide bonds. The Labute approximate surface area is 255 Å². The molecule has 242 valence electrons. The zero-order valence-electron chi connectivity index (χ0n) is 24.8. The minimum absolute atomic E-state index is 0.114. The Morgan fingerprint density at radius 2 is 1.71 bits per heavy atom. The van der Waals surface area contributed by atoms with Gasteiger partial charge in [-0.25, -0.2) is 9.78 Å². The molecule has 0 bridgehead atoms. The molecule has 5 rings (SSSR count). The van der Waals surface area contributed by atoms with E-state index in [2.05, 4.69) is 20.3 Å². The zero-order chi connectivity index (χ0) is 33.1. The van der Waals surface area contributed by atoms with E-state index in [0.717, 1.165) is 40.0 Å². The lowest BCUT2D eigenvalue weighted by molar-refractivity contribution is -0.140. The third kappa shape index (κ3) is 6.59. The standard InChI is InChI=1S/C19H23N5O3.C9H11F2N3O4/c1-10-11(5-6-13-16(10)18(20)24-19(21)23-13)9-22-12-7-14(25-2)17(27-4)15(8-12)26-3;10-9(11)6(16)4(3-15)18-7(9)14-2-1-5(12)13-8(14)17/h5-8,22H,9H2,1-4H3,(H4,20,21,23,24);1-2,4,6-7,15-16H,3H2,(H2,12,13,17)/t;4-,6-,7-/m.1/s1. The number of nitrogens with one attached hydrogen (secondary N) is 1. The van der Waals surface area contributed by atoms with E-state index in [9.17, 15) is 18.7 Å². The van der Waals surface area contributed by atoms with Crippen LogP contribution in [0.25, 0.3) is 10.9 Å². The maximum Gasteiger partial charge on any atom is 0.351 e. The molecule has 3 atom stereocenters. The summed E-state index contributed by atoms with van der Waals surface area (Å²) >= 11 is 0. The van der Waals surface area contributed by atoms with E-state index in [1.54, 1.807) is 21.3 Å². The number of aliphatic hydroxyl groups is 2. The summed E-state index contributed by atoms with van der Waals surface area (Å²) in [6.07, 6.45) is -4.69. The summed E-state index contributed by atoms with van der Waals surface area (Å²) in [6.45, 7) is 1.78. The average molecular weight is 633 g/mol. The zero-order valence-corrected chi connectivity index (χ0v) is 24.8. The van der Waals surface area contributed by atoms with Crippen molar-refractivity contribution in [3.8, 4) is 17.2 Å². The molecular weight excluding hydrogens is 598 g/mol. The number of nitrogens with two attached hydrogens (primary N) is 3. The van der Waals surface area contributed by atoms with Gasteiger partial charge in [0.1, 0.15) is 17.7 Å². The molecule has 45 heavy (non-hydrogen) atoms. The predicted molar refractivity (Wildman–Crippen MR) is 161 cm³/mol. The number of fused-ring (bicyclic) bond motifs is 1. The van der Waals surface area contributed by atoms with Gasteiger partial charge in [-0.3, -0.25) is 4.57 Å². The summed E-state index contributed by atoms with van der Waals surface area (Å²) < 4.78 is 48.8. The molecule has 0 spiro atoms. The van der Waals surface area contributed by atoms with Gasteiger partial charge in [-0.05, 0) is 30.2 Å². The van der Waals surface area contributed by atoms with Crippen LogP contribution in [-0.2, 0) is 11.3 Å². The molecule has 1 fully saturated rings. The van der Waals surface area contributed by atoms with E-state index in [1.807, 2.05) is 31.2 Å².